The zero-order valence-electron chi connectivity index (χ0n) is 11.5. The van der Waals surface area contributed by atoms with Crippen LogP contribution in [0.25, 0.3) is 16.8 Å². The molecule has 3 aromatic carbocycles. The Bertz CT molecular complexity index is 837. The van der Waals surface area contributed by atoms with Crippen LogP contribution in [0.15, 0.2) is 66.7 Å². The summed E-state index contributed by atoms with van der Waals surface area (Å²) in [6.07, 6.45) is 4.28. The fourth-order valence-electron chi connectivity index (χ4n) is 2.93. The highest BCUT2D eigenvalue weighted by Gasteiger charge is 2.17. The minimum Gasteiger partial charge on any atom is -0.507 e. The molecule has 1 heterocycles. The van der Waals surface area contributed by atoms with E-state index in [0.29, 0.717) is 5.75 Å². The van der Waals surface area contributed by atoms with Crippen LogP contribution in [0.5, 0.6) is 5.75 Å². The molecule has 0 amide bonds. The summed E-state index contributed by atoms with van der Waals surface area (Å²) in [5, 5.41) is 15.7. The molecule has 1 aliphatic heterocycles. The van der Waals surface area contributed by atoms with E-state index in [2.05, 4.69) is 35.7 Å². The third kappa shape index (κ3) is 1.96. The molecule has 0 aliphatic carbocycles. The van der Waals surface area contributed by atoms with E-state index >= 15 is 0 Å². The molecular weight excluding hydrogens is 258 g/mol. The smallest absolute Gasteiger partial charge is 0.125 e. The third-order valence-electron chi connectivity index (χ3n) is 3.98. The molecule has 1 aliphatic rings. The fraction of sp³-hybridized carbons (Fsp3) is 0.0526. The quantitative estimate of drug-likeness (QED) is 0.672. The van der Waals surface area contributed by atoms with E-state index in [1.54, 1.807) is 6.07 Å². The van der Waals surface area contributed by atoms with Gasteiger partial charge in [-0.25, -0.2) is 0 Å². The number of benzene rings is 3. The molecule has 102 valence electrons. The third-order valence-corrected chi connectivity index (χ3v) is 3.98. The van der Waals surface area contributed by atoms with Crippen LogP contribution in [0.4, 0.5) is 5.69 Å². The zero-order valence-corrected chi connectivity index (χ0v) is 11.5. The highest BCUT2D eigenvalue weighted by molar-refractivity contribution is 6.02. The molecule has 1 unspecified atom stereocenters. The van der Waals surface area contributed by atoms with Crippen LogP contribution >= 0.6 is 0 Å². The SMILES string of the molecule is Oc1cccc2ccc3c(c12)NC(c1ccccc1)C=C3. The molecule has 0 aromatic heterocycles. The second kappa shape index (κ2) is 4.67. The molecule has 21 heavy (non-hydrogen) atoms. The Morgan fingerprint density at radius 2 is 1.71 bits per heavy atom. The number of phenolic OH excluding ortho intramolecular Hbond substituents is 1. The van der Waals surface area contributed by atoms with Crippen LogP contribution in [0, 0.1) is 0 Å². The van der Waals surface area contributed by atoms with Gasteiger partial charge >= 0.3 is 0 Å². The van der Waals surface area contributed by atoms with Gasteiger partial charge in [0.05, 0.1) is 11.7 Å². The predicted molar refractivity (Wildman–Crippen MR) is 87.5 cm³/mol. The Labute approximate surface area is 123 Å². The van der Waals surface area contributed by atoms with Gasteiger partial charge in [0.2, 0.25) is 0 Å². The first-order valence-corrected chi connectivity index (χ1v) is 7.07. The van der Waals surface area contributed by atoms with Crippen LogP contribution in [0.2, 0.25) is 0 Å². The summed E-state index contributed by atoms with van der Waals surface area (Å²) in [4.78, 5) is 0. The summed E-state index contributed by atoms with van der Waals surface area (Å²) in [5.74, 6) is 0.318. The van der Waals surface area contributed by atoms with Gasteiger partial charge in [-0.2, -0.15) is 0 Å². The standard InChI is InChI=1S/C19H15NO/c21-17-8-4-7-14-9-10-15-11-12-16(20-19(15)18(14)17)13-5-2-1-3-6-13/h1-12,16,20-21H. The Hall–Kier alpha value is -2.74. The summed E-state index contributed by atoms with van der Waals surface area (Å²) in [7, 11) is 0. The maximum absolute atomic E-state index is 10.2. The van der Waals surface area contributed by atoms with Gasteiger partial charge in [0.15, 0.2) is 0 Å². The van der Waals surface area contributed by atoms with Crippen molar-refractivity contribution in [2.24, 2.45) is 0 Å². The van der Waals surface area contributed by atoms with Gasteiger partial charge in [-0.3, -0.25) is 0 Å². The number of rotatable bonds is 1. The molecular formula is C19H15NO. The summed E-state index contributed by atoms with van der Waals surface area (Å²) >= 11 is 0. The van der Waals surface area contributed by atoms with Crippen molar-refractivity contribution in [3.8, 4) is 5.75 Å². The Balaban J connectivity index is 1.88. The first-order valence-electron chi connectivity index (χ1n) is 7.07. The second-order valence-corrected chi connectivity index (χ2v) is 5.30. The van der Waals surface area contributed by atoms with Gasteiger partial charge in [-0.15, -0.1) is 0 Å². The number of hydrogen-bond acceptors (Lipinski definition) is 2. The zero-order chi connectivity index (χ0) is 14.2. The summed E-state index contributed by atoms with van der Waals surface area (Å²) in [6.45, 7) is 0. The molecule has 1 atom stereocenters. The van der Waals surface area contributed by atoms with Gasteiger partial charge < -0.3 is 10.4 Å². The second-order valence-electron chi connectivity index (χ2n) is 5.30. The first kappa shape index (κ1) is 12.0. The van der Waals surface area contributed by atoms with E-state index in [0.717, 1.165) is 22.0 Å². The average molecular weight is 273 g/mol. The van der Waals surface area contributed by atoms with E-state index in [1.165, 1.54) is 5.56 Å². The van der Waals surface area contributed by atoms with E-state index in [1.807, 2.05) is 36.4 Å². The summed E-state index contributed by atoms with van der Waals surface area (Å²) in [6, 6.07) is 20.2. The molecule has 0 saturated carbocycles. The van der Waals surface area contributed by atoms with Crippen molar-refractivity contribution in [3.63, 3.8) is 0 Å². The highest BCUT2D eigenvalue weighted by Crippen LogP contribution is 2.39. The first-order chi connectivity index (χ1) is 10.3. The van der Waals surface area contributed by atoms with Gasteiger partial charge in [0, 0.05) is 5.39 Å². The summed E-state index contributed by atoms with van der Waals surface area (Å²) in [5.41, 5.74) is 3.32. The van der Waals surface area contributed by atoms with Crippen molar-refractivity contribution in [2.45, 2.75) is 6.04 Å². The van der Waals surface area contributed by atoms with Gasteiger partial charge in [-0.05, 0) is 22.6 Å². The molecule has 0 radical (unpaired) electrons. The molecule has 2 heteroatoms. The predicted octanol–water partition coefficient (Wildman–Crippen LogP) is 4.73. The Kier molecular flexibility index (Phi) is 2.68. The van der Waals surface area contributed by atoms with Crippen molar-refractivity contribution in [1.29, 1.82) is 0 Å². The minimum atomic E-state index is 0.129. The molecule has 0 fully saturated rings. The van der Waals surface area contributed by atoms with Gasteiger partial charge in [0.1, 0.15) is 5.75 Å². The van der Waals surface area contributed by atoms with Crippen molar-refractivity contribution in [3.05, 3.63) is 77.9 Å². The minimum absolute atomic E-state index is 0.129. The molecule has 0 spiro atoms. The number of fused-ring (bicyclic) bond motifs is 3. The average Bonchev–Trinajstić information content (AvgIpc) is 2.55. The Morgan fingerprint density at radius 1 is 0.857 bits per heavy atom. The molecule has 3 aromatic rings. The largest absolute Gasteiger partial charge is 0.507 e. The summed E-state index contributed by atoms with van der Waals surface area (Å²) < 4.78 is 0. The molecule has 0 saturated heterocycles. The van der Waals surface area contributed by atoms with Crippen LogP contribution in [0.3, 0.4) is 0 Å². The van der Waals surface area contributed by atoms with Crippen LogP contribution in [-0.4, -0.2) is 5.11 Å². The topological polar surface area (TPSA) is 32.3 Å². The van der Waals surface area contributed by atoms with Crippen molar-refractivity contribution >= 4 is 22.5 Å². The van der Waals surface area contributed by atoms with Gasteiger partial charge in [0.25, 0.3) is 0 Å². The lowest BCUT2D eigenvalue weighted by atomic mass is 9.96. The number of anilines is 1. The normalized spacial score (nSPS) is 16.5. The lowest BCUT2D eigenvalue weighted by molar-refractivity contribution is 0.482. The van der Waals surface area contributed by atoms with Crippen molar-refractivity contribution in [1.82, 2.24) is 0 Å². The Morgan fingerprint density at radius 3 is 2.57 bits per heavy atom. The fourth-order valence-corrected chi connectivity index (χ4v) is 2.93. The van der Waals surface area contributed by atoms with Crippen LogP contribution in [-0.2, 0) is 0 Å². The maximum Gasteiger partial charge on any atom is 0.125 e. The molecule has 0 bridgehead atoms. The highest BCUT2D eigenvalue weighted by atomic mass is 16.3. The van der Waals surface area contributed by atoms with Gasteiger partial charge in [-0.1, -0.05) is 66.7 Å². The number of aromatic hydroxyl groups is 1. The number of phenols is 1. The number of nitrogens with one attached hydrogen (secondary N) is 1. The van der Waals surface area contributed by atoms with Crippen LogP contribution < -0.4 is 5.32 Å². The lowest BCUT2D eigenvalue weighted by Gasteiger charge is -2.24. The van der Waals surface area contributed by atoms with Crippen molar-refractivity contribution < 1.29 is 5.11 Å². The number of hydrogen-bond donors (Lipinski definition) is 2. The van der Waals surface area contributed by atoms with E-state index in [4.69, 9.17) is 0 Å². The van der Waals surface area contributed by atoms with E-state index in [9.17, 15) is 5.11 Å². The van der Waals surface area contributed by atoms with E-state index in [-0.39, 0.29) is 6.04 Å². The van der Waals surface area contributed by atoms with Crippen LogP contribution in [0.1, 0.15) is 17.2 Å². The molecule has 2 N–H and O–H groups in total. The molecule has 4 rings (SSSR count). The van der Waals surface area contributed by atoms with Crippen molar-refractivity contribution in [2.75, 3.05) is 5.32 Å². The van der Waals surface area contributed by atoms with E-state index < -0.39 is 0 Å². The monoisotopic (exact) mass is 273 g/mol. The molecule has 2 nitrogen and oxygen atoms in total. The lowest BCUT2D eigenvalue weighted by Crippen LogP contribution is -2.12. The maximum atomic E-state index is 10.2.